The number of hydrogen-bond donors (Lipinski definition) is 1. The van der Waals surface area contributed by atoms with Gasteiger partial charge in [0.1, 0.15) is 5.76 Å². The Morgan fingerprint density at radius 1 is 1.19 bits per heavy atom. The lowest BCUT2D eigenvalue weighted by atomic mass is 10.1. The molecule has 2 aromatic rings. The topological polar surface area (TPSA) is 60.7 Å². The quantitative estimate of drug-likeness (QED) is 0.849. The predicted octanol–water partition coefficient (Wildman–Crippen LogP) is 2.20. The van der Waals surface area contributed by atoms with E-state index in [9.17, 15) is 4.79 Å². The summed E-state index contributed by atoms with van der Waals surface area (Å²) in [6, 6.07) is 9.29. The van der Waals surface area contributed by atoms with Gasteiger partial charge in [0.05, 0.1) is 26.9 Å². The fourth-order valence-corrected chi connectivity index (χ4v) is 2.02. The number of carbonyl (C=O) groups is 1. The van der Waals surface area contributed by atoms with Crippen LogP contribution in [0.5, 0.6) is 11.5 Å². The molecule has 21 heavy (non-hydrogen) atoms. The summed E-state index contributed by atoms with van der Waals surface area (Å²) in [5, 5.41) is 2.86. The molecular formula is C16H19NO4. The molecule has 1 amide bonds. The lowest BCUT2D eigenvalue weighted by Gasteiger charge is -2.10. The molecule has 0 aliphatic carbocycles. The molecule has 0 saturated carbocycles. The summed E-state index contributed by atoms with van der Waals surface area (Å²) in [4.78, 5) is 11.7. The van der Waals surface area contributed by atoms with Crippen LogP contribution in [-0.2, 0) is 17.6 Å². The normalized spacial score (nSPS) is 10.2. The Bertz CT molecular complexity index is 578. The second-order valence-corrected chi connectivity index (χ2v) is 4.55. The first kappa shape index (κ1) is 15.0. The summed E-state index contributed by atoms with van der Waals surface area (Å²) in [5.74, 6) is 2.00. The van der Waals surface area contributed by atoms with Gasteiger partial charge in [-0.25, -0.2) is 0 Å². The lowest BCUT2D eigenvalue weighted by molar-refractivity contribution is -0.120. The van der Waals surface area contributed by atoms with E-state index in [1.807, 2.05) is 18.2 Å². The standard InChI is InChI=1S/C16H19NO4/c1-19-14-6-5-12(10-15(14)20-2)7-8-17-16(18)11-13-4-3-9-21-13/h3-6,9-10H,7-8,11H2,1-2H3,(H,17,18). The second kappa shape index (κ2) is 7.38. The Morgan fingerprint density at radius 2 is 2.00 bits per heavy atom. The SMILES string of the molecule is COc1ccc(CCNC(=O)Cc2ccco2)cc1OC. The van der Waals surface area contributed by atoms with Crippen LogP contribution in [0.1, 0.15) is 11.3 Å². The highest BCUT2D eigenvalue weighted by Gasteiger charge is 2.07. The number of amides is 1. The fourth-order valence-electron chi connectivity index (χ4n) is 2.02. The van der Waals surface area contributed by atoms with Crippen molar-refractivity contribution < 1.29 is 18.7 Å². The van der Waals surface area contributed by atoms with Crippen molar-refractivity contribution in [2.45, 2.75) is 12.8 Å². The van der Waals surface area contributed by atoms with Gasteiger partial charge >= 0.3 is 0 Å². The summed E-state index contributed by atoms with van der Waals surface area (Å²) in [6.45, 7) is 0.565. The first-order valence-electron chi connectivity index (χ1n) is 6.73. The summed E-state index contributed by atoms with van der Waals surface area (Å²) in [5.41, 5.74) is 1.07. The third-order valence-corrected chi connectivity index (χ3v) is 3.10. The Morgan fingerprint density at radius 3 is 2.67 bits per heavy atom. The Balaban J connectivity index is 1.81. The molecule has 1 heterocycles. The van der Waals surface area contributed by atoms with Crippen LogP contribution in [0, 0.1) is 0 Å². The van der Waals surface area contributed by atoms with Crippen molar-refractivity contribution in [3.05, 3.63) is 47.9 Å². The van der Waals surface area contributed by atoms with Gasteiger partial charge in [-0.1, -0.05) is 6.07 Å². The number of rotatable bonds is 7. The van der Waals surface area contributed by atoms with E-state index in [2.05, 4.69) is 5.32 Å². The van der Waals surface area contributed by atoms with Gasteiger partial charge in [0.15, 0.2) is 11.5 Å². The largest absolute Gasteiger partial charge is 0.493 e. The Hall–Kier alpha value is -2.43. The molecule has 0 bridgehead atoms. The molecule has 5 nitrogen and oxygen atoms in total. The summed E-state index contributed by atoms with van der Waals surface area (Å²) in [7, 11) is 3.21. The van der Waals surface area contributed by atoms with Crippen molar-refractivity contribution in [2.24, 2.45) is 0 Å². The monoisotopic (exact) mass is 289 g/mol. The minimum atomic E-state index is -0.0505. The van der Waals surface area contributed by atoms with Crippen LogP contribution in [0.15, 0.2) is 41.0 Å². The molecular weight excluding hydrogens is 270 g/mol. The minimum Gasteiger partial charge on any atom is -0.493 e. The number of furan rings is 1. The highest BCUT2D eigenvalue weighted by Crippen LogP contribution is 2.27. The summed E-state index contributed by atoms with van der Waals surface area (Å²) < 4.78 is 15.6. The van der Waals surface area contributed by atoms with E-state index in [-0.39, 0.29) is 12.3 Å². The molecule has 0 unspecified atom stereocenters. The number of methoxy groups -OCH3 is 2. The van der Waals surface area contributed by atoms with Crippen molar-refractivity contribution >= 4 is 5.91 Å². The van der Waals surface area contributed by atoms with E-state index < -0.39 is 0 Å². The molecule has 0 aliphatic heterocycles. The Kier molecular flexibility index (Phi) is 5.26. The van der Waals surface area contributed by atoms with Crippen LogP contribution < -0.4 is 14.8 Å². The van der Waals surface area contributed by atoms with Gasteiger partial charge < -0.3 is 19.2 Å². The molecule has 0 spiro atoms. The van der Waals surface area contributed by atoms with E-state index in [1.54, 1.807) is 32.6 Å². The molecule has 1 aromatic carbocycles. The molecule has 0 saturated heterocycles. The Labute approximate surface area is 123 Å². The van der Waals surface area contributed by atoms with Crippen LogP contribution in [0.2, 0.25) is 0 Å². The van der Waals surface area contributed by atoms with E-state index >= 15 is 0 Å². The molecule has 0 fully saturated rings. The van der Waals surface area contributed by atoms with Crippen LogP contribution in [0.3, 0.4) is 0 Å². The number of carbonyl (C=O) groups excluding carboxylic acids is 1. The smallest absolute Gasteiger partial charge is 0.227 e. The van der Waals surface area contributed by atoms with Gasteiger partial charge in [0.25, 0.3) is 0 Å². The number of benzene rings is 1. The molecule has 2 rings (SSSR count). The molecule has 5 heteroatoms. The van der Waals surface area contributed by atoms with Gasteiger partial charge in [-0.2, -0.15) is 0 Å². The molecule has 0 aliphatic rings. The maximum atomic E-state index is 11.7. The van der Waals surface area contributed by atoms with Gasteiger partial charge in [-0.15, -0.1) is 0 Å². The zero-order valence-corrected chi connectivity index (χ0v) is 12.2. The van der Waals surface area contributed by atoms with E-state index in [0.717, 1.165) is 12.0 Å². The van der Waals surface area contributed by atoms with Crippen molar-refractivity contribution in [3.63, 3.8) is 0 Å². The first-order valence-corrected chi connectivity index (χ1v) is 6.73. The fraction of sp³-hybridized carbons (Fsp3) is 0.312. The summed E-state index contributed by atoms with van der Waals surface area (Å²) >= 11 is 0. The number of nitrogens with one attached hydrogen (secondary N) is 1. The molecule has 1 N–H and O–H groups in total. The zero-order chi connectivity index (χ0) is 15.1. The van der Waals surface area contributed by atoms with Crippen LogP contribution >= 0.6 is 0 Å². The van der Waals surface area contributed by atoms with Gasteiger partial charge in [0, 0.05) is 6.54 Å². The zero-order valence-electron chi connectivity index (χ0n) is 12.2. The highest BCUT2D eigenvalue weighted by atomic mass is 16.5. The second-order valence-electron chi connectivity index (χ2n) is 4.55. The van der Waals surface area contributed by atoms with Gasteiger partial charge in [-0.3, -0.25) is 4.79 Å². The van der Waals surface area contributed by atoms with Crippen molar-refractivity contribution in [3.8, 4) is 11.5 Å². The third-order valence-electron chi connectivity index (χ3n) is 3.10. The first-order chi connectivity index (χ1) is 10.2. The average molecular weight is 289 g/mol. The van der Waals surface area contributed by atoms with Crippen LogP contribution in [0.25, 0.3) is 0 Å². The van der Waals surface area contributed by atoms with Crippen LogP contribution in [0.4, 0.5) is 0 Å². The number of ether oxygens (including phenoxy) is 2. The highest BCUT2D eigenvalue weighted by molar-refractivity contribution is 5.77. The van der Waals surface area contributed by atoms with Crippen molar-refractivity contribution in [1.82, 2.24) is 5.32 Å². The van der Waals surface area contributed by atoms with Crippen LogP contribution in [-0.4, -0.2) is 26.7 Å². The minimum absolute atomic E-state index is 0.0505. The maximum Gasteiger partial charge on any atom is 0.227 e. The van der Waals surface area contributed by atoms with Crippen molar-refractivity contribution in [1.29, 1.82) is 0 Å². The van der Waals surface area contributed by atoms with E-state index in [4.69, 9.17) is 13.9 Å². The summed E-state index contributed by atoms with van der Waals surface area (Å²) in [6.07, 6.45) is 2.55. The third kappa shape index (κ3) is 4.27. The average Bonchev–Trinajstić information content (AvgIpc) is 2.99. The molecule has 112 valence electrons. The van der Waals surface area contributed by atoms with Gasteiger partial charge in [-0.05, 0) is 36.2 Å². The maximum absolute atomic E-state index is 11.7. The van der Waals surface area contributed by atoms with E-state index in [1.165, 1.54) is 0 Å². The lowest BCUT2D eigenvalue weighted by Crippen LogP contribution is -2.27. The predicted molar refractivity (Wildman–Crippen MR) is 78.7 cm³/mol. The molecule has 1 aromatic heterocycles. The van der Waals surface area contributed by atoms with E-state index in [0.29, 0.717) is 23.8 Å². The number of hydrogen-bond acceptors (Lipinski definition) is 4. The van der Waals surface area contributed by atoms with Gasteiger partial charge in [0.2, 0.25) is 5.91 Å². The molecule has 0 radical (unpaired) electrons. The molecule has 0 atom stereocenters. The van der Waals surface area contributed by atoms with Crippen molar-refractivity contribution in [2.75, 3.05) is 20.8 Å².